The van der Waals surface area contributed by atoms with Crippen molar-refractivity contribution in [2.45, 2.75) is 37.9 Å². The number of nitrogens with zero attached hydrogens (tertiary/aromatic N) is 1. The Bertz CT molecular complexity index is 217. The highest BCUT2D eigenvalue weighted by Gasteiger charge is 2.20. The Labute approximate surface area is 104 Å². The normalized spacial score (nSPS) is 36.0. The van der Waals surface area contributed by atoms with Gasteiger partial charge in [0, 0.05) is 19.6 Å². The molecule has 0 bridgehead atoms. The van der Waals surface area contributed by atoms with Crippen LogP contribution in [0.1, 0.15) is 25.7 Å². The Morgan fingerprint density at radius 3 is 2.71 bits per heavy atom. The van der Waals surface area contributed by atoms with Gasteiger partial charge in [-0.15, -0.1) is 0 Å². The Hall–Kier alpha value is -0.160. The monoisotopic (exact) mass is 242 g/mol. The molecule has 0 aromatic rings. The number of likely N-dealkylation sites (N-methyl/N-ethyl adjacent to an activating group) is 1. The van der Waals surface area contributed by atoms with Gasteiger partial charge in [-0.25, -0.2) is 0 Å². The first-order valence-corrected chi connectivity index (χ1v) is 6.93. The summed E-state index contributed by atoms with van der Waals surface area (Å²) in [5, 5.41) is 13.0. The van der Waals surface area contributed by atoms with Gasteiger partial charge in [-0.3, -0.25) is 0 Å². The molecule has 2 rings (SSSR count). The molecule has 2 fully saturated rings. The molecular formula is C13H26N2O2. The van der Waals surface area contributed by atoms with Crippen molar-refractivity contribution in [1.82, 2.24) is 10.2 Å². The zero-order valence-corrected chi connectivity index (χ0v) is 10.9. The summed E-state index contributed by atoms with van der Waals surface area (Å²) in [5.74, 6) is 0.750. The number of ether oxygens (including phenoxy) is 1. The van der Waals surface area contributed by atoms with E-state index in [1.807, 2.05) is 0 Å². The van der Waals surface area contributed by atoms with Crippen molar-refractivity contribution in [3.63, 3.8) is 0 Å². The predicted octanol–water partition coefficient (Wildman–Crippen LogP) is 0.458. The van der Waals surface area contributed by atoms with Crippen molar-refractivity contribution in [2.24, 2.45) is 5.92 Å². The molecule has 0 spiro atoms. The van der Waals surface area contributed by atoms with Crippen LogP contribution in [0.5, 0.6) is 0 Å². The molecule has 1 aliphatic carbocycles. The molecule has 1 aliphatic heterocycles. The fraction of sp³-hybridized carbons (Fsp3) is 1.00. The lowest BCUT2D eigenvalue weighted by Crippen LogP contribution is -2.45. The lowest BCUT2D eigenvalue weighted by Gasteiger charge is -2.31. The van der Waals surface area contributed by atoms with Gasteiger partial charge in [-0.1, -0.05) is 0 Å². The second kappa shape index (κ2) is 6.69. The van der Waals surface area contributed by atoms with Crippen LogP contribution >= 0.6 is 0 Å². The quantitative estimate of drug-likeness (QED) is 0.752. The van der Waals surface area contributed by atoms with E-state index in [9.17, 15) is 5.11 Å². The van der Waals surface area contributed by atoms with E-state index in [0.717, 1.165) is 51.5 Å². The molecule has 0 radical (unpaired) electrons. The molecule has 1 unspecified atom stereocenters. The van der Waals surface area contributed by atoms with Gasteiger partial charge >= 0.3 is 0 Å². The Morgan fingerprint density at radius 2 is 2.00 bits per heavy atom. The van der Waals surface area contributed by atoms with Crippen LogP contribution in [-0.4, -0.2) is 62.0 Å². The third-order valence-electron chi connectivity index (χ3n) is 3.96. The number of hydrogen-bond donors (Lipinski definition) is 2. The van der Waals surface area contributed by atoms with E-state index in [-0.39, 0.29) is 6.10 Å². The molecule has 2 aliphatic rings. The first kappa shape index (κ1) is 13.3. The zero-order chi connectivity index (χ0) is 12.1. The van der Waals surface area contributed by atoms with Gasteiger partial charge in [-0.05, 0) is 45.2 Å². The topological polar surface area (TPSA) is 44.7 Å². The molecule has 4 heteroatoms. The molecular weight excluding hydrogens is 216 g/mol. The number of morpholine rings is 1. The molecule has 4 nitrogen and oxygen atoms in total. The minimum atomic E-state index is -0.0402. The Kier molecular flexibility index (Phi) is 5.22. The van der Waals surface area contributed by atoms with Gasteiger partial charge in [0.15, 0.2) is 0 Å². The predicted molar refractivity (Wildman–Crippen MR) is 68.1 cm³/mol. The molecule has 0 aromatic carbocycles. The van der Waals surface area contributed by atoms with Crippen LogP contribution in [0.25, 0.3) is 0 Å². The molecule has 0 amide bonds. The maximum atomic E-state index is 9.44. The van der Waals surface area contributed by atoms with Crippen LogP contribution in [-0.2, 0) is 4.74 Å². The van der Waals surface area contributed by atoms with Crippen molar-refractivity contribution in [1.29, 1.82) is 0 Å². The molecule has 1 heterocycles. The molecule has 1 saturated heterocycles. The lowest BCUT2D eigenvalue weighted by atomic mass is 9.87. The zero-order valence-electron chi connectivity index (χ0n) is 10.9. The summed E-state index contributed by atoms with van der Waals surface area (Å²) >= 11 is 0. The Morgan fingerprint density at radius 1 is 1.24 bits per heavy atom. The summed E-state index contributed by atoms with van der Waals surface area (Å²) in [6.07, 6.45) is 4.60. The fourth-order valence-corrected chi connectivity index (χ4v) is 2.79. The second-order valence-corrected chi connectivity index (χ2v) is 5.59. The van der Waals surface area contributed by atoms with Gasteiger partial charge in [0.2, 0.25) is 0 Å². The smallest absolute Gasteiger partial charge is 0.0826 e. The van der Waals surface area contributed by atoms with E-state index in [2.05, 4.69) is 17.3 Å². The number of aliphatic hydroxyl groups excluding tert-OH is 1. The second-order valence-electron chi connectivity index (χ2n) is 5.59. The third kappa shape index (κ3) is 4.54. The highest BCUT2D eigenvalue weighted by Crippen LogP contribution is 2.23. The minimum absolute atomic E-state index is 0.0402. The maximum absolute atomic E-state index is 9.44. The van der Waals surface area contributed by atoms with Gasteiger partial charge in [0.25, 0.3) is 0 Å². The van der Waals surface area contributed by atoms with E-state index in [4.69, 9.17) is 4.74 Å². The summed E-state index contributed by atoms with van der Waals surface area (Å²) in [7, 11) is 2.15. The molecule has 100 valence electrons. The Balaban J connectivity index is 1.56. The van der Waals surface area contributed by atoms with E-state index in [1.54, 1.807) is 0 Å². The van der Waals surface area contributed by atoms with Crippen molar-refractivity contribution in [3.05, 3.63) is 0 Å². The van der Waals surface area contributed by atoms with Crippen molar-refractivity contribution in [2.75, 3.05) is 39.8 Å². The average molecular weight is 242 g/mol. The molecule has 17 heavy (non-hydrogen) atoms. The van der Waals surface area contributed by atoms with Crippen LogP contribution in [0, 0.1) is 5.92 Å². The van der Waals surface area contributed by atoms with E-state index >= 15 is 0 Å². The summed E-state index contributed by atoms with van der Waals surface area (Å²) in [6.45, 7) is 4.99. The van der Waals surface area contributed by atoms with Crippen LogP contribution in [0.2, 0.25) is 0 Å². The van der Waals surface area contributed by atoms with Gasteiger partial charge in [-0.2, -0.15) is 0 Å². The van der Waals surface area contributed by atoms with Gasteiger partial charge < -0.3 is 20.1 Å². The SMILES string of the molecule is CN1CCOC(CNCC2CCC(O)CC2)C1. The number of nitrogens with one attached hydrogen (secondary N) is 1. The summed E-state index contributed by atoms with van der Waals surface area (Å²) in [4.78, 5) is 2.33. The fourth-order valence-electron chi connectivity index (χ4n) is 2.79. The van der Waals surface area contributed by atoms with Crippen molar-refractivity contribution >= 4 is 0 Å². The van der Waals surface area contributed by atoms with E-state index in [0.29, 0.717) is 6.10 Å². The van der Waals surface area contributed by atoms with Crippen LogP contribution < -0.4 is 5.32 Å². The van der Waals surface area contributed by atoms with Crippen LogP contribution in [0.4, 0.5) is 0 Å². The molecule has 1 atom stereocenters. The first-order valence-electron chi connectivity index (χ1n) is 6.93. The van der Waals surface area contributed by atoms with Crippen LogP contribution in [0.3, 0.4) is 0 Å². The van der Waals surface area contributed by atoms with E-state index < -0.39 is 0 Å². The minimum Gasteiger partial charge on any atom is -0.393 e. The number of aliphatic hydroxyl groups is 1. The first-order chi connectivity index (χ1) is 8.24. The molecule has 0 aromatic heterocycles. The molecule has 1 saturated carbocycles. The van der Waals surface area contributed by atoms with Gasteiger partial charge in [0.05, 0.1) is 18.8 Å². The number of hydrogen-bond acceptors (Lipinski definition) is 4. The number of rotatable bonds is 4. The van der Waals surface area contributed by atoms with Crippen molar-refractivity contribution in [3.8, 4) is 0 Å². The average Bonchev–Trinajstić information content (AvgIpc) is 2.32. The standard InChI is InChI=1S/C13H26N2O2/c1-15-6-7-17-13(10-15)9-14-8-11-2-4-12(16)5-3-11/h11-14,16H,2-10H2,1H3. The third-order valence-corrected chi connectivity index (χ3v) is 3.96. The summed E-state index contributed by atoms with van der Waals surface area (Å²) in [6, 6.07) is 0. The van der Waals surface area contributed by atoms with E-state index in [1.165, 1.54) is 12.8 Å². The summed E-state index contributed by atoms with van der Waals surface area (Å²) < 4.78 is 5.71. The maximum Gasteiger partial charge on any atom is 0.0826 e. The largest absolute Gasteiger partial charge is 0.393 e. The molecule has 2 N–H and O–H groups in total. The summed E-state index contributed by atoms with van der Waals surface area (Å²) in [5.41, 5.74) is 0. The van der Waals surface area contributed by atoms with Crippen LogP contribution in [0.15, 0.2) is 0 Å². The van der Waals surface area contributed by atoms with Gasteiger partial charge in [0.1, 0.15) is 0 Å². The highest BCUT2D eigenvalue weighted by molar-refractivity contribution is 4.75. The van der Waals surface area contributed by atoms with Crippen molar-refractivity contribution < 1.29 is 9.84 Å². The highest BCUT2D eigenvalue weighted by atomic mass is 16.5. The lowest BCUT2D eigenvalue weighted by molar-refractivity contribution is -0.0187.